The van der Waals surface area contributed by atoms with Crippen molar-refractivity contribution in [2.45, 2.75) is 42.2 Å². The minimum atomic E-state index is -1.02. The average molecular weight is 489 g/mol. The molecule has 7 heteroatoms. The molecule has 1 atom stereocenters. The molecule has 3 N–H and O–H groups in total. The fraction of sp³-hybridized carbons (Fsp3) is 0.250. The van der Waals surface area contributed by atoms with Crippen molar-refractivity contribution in [2.75, 3.05) is 10.6 Å². The molecule has 3 aromatic rings. The Morgan fingerprint density at radius 2 is 1.51 bits per heavy atom. The highest BCUT2D eigenvalue weighted by molar-refractivity contribution is 8.00. The number of hydrogen-bond donors (Lipinski definition) is 3. The minimum absolute atomic E-state index is 0.0639. The van der Waals surface area contributed by atoms with Crippen molar-refractivity contribution in [2.24, 2.45) is 5.92 Å². The lowest BCUT2D eigenvalue weighted by atomic mass is 9.88. The summed E-state index contributed by atoms with van der Waals surface area (Å²) in [7, 11) is 0. The maximum Gasteiger partial charge on any atom is 0.335 e. The largest absolute Gasteiger partial charge is 0.478 e. The Morgan fingerprint density at radius 1 is 0.800 bits per heavy atom. The molecule has 0 heterocycles. The second kappa shape index (κ2) is 11.7. The maximum absolute atomic E-state index is 13.3. The van der Waals surface area contributed by atoms with Crippen molar-refractivity contribution in [3.05, 3.63) is 90.0 Å². The van der Waals surface area contributed by atoms with E-state index in [1.807, 2.05) is 54.6 Å². The smallest absolute Gasteiger partial charge is 0.335 e. The highest BCUT2D eigenvalue weighted by Gasteiger charge is 2.24. The van der Waals surface area contributed by atoms with Gasteiger partial charge in [0.1, 0.15) is 5.25 Å². The molecule has 1 saturated carbocycles. The summed E-state index contributed by atoms with van der Waals surface area (Å²) in [4.78, 5) is 37.9. The monoisotopic (exact) mass is 488 g/mol. The van der Waals surface area contributed by atoms with Crippen LogP contribution in [0.1, 0.15) is 53.3 Å². The third-order valence-corrected chi connectivity index (χ3v) is 7.32. The lowest BCUT2D eigenvalue weighted by Gasteiger charge is -2.21. The fourth-order valence-electron chi connectivity index (χ4n) is 4.20. The summed E-state index contributed by atoms with van der Waals surface area (Å²) in [6.45, 7) is 0. The first kappa shape index (κ1) is 24.5. The van der Waals surface area contributed by atoms with E-state index in [2.05, 4.69) is 10.6 Å². The summed E-state index contributed by atoms with van der Waals surface area (Å²) in [5.74, 6) is -1.11. The van der Waals surface area contributed by atoms with Gasteiger partial charge >= 0.3 is 5.97 Å². The summed E-state index contributed by atoms with van der Waals surface area (Å²) in [6, 6.07) is 23.1. The Labute approximate surface area is 209 Å². The summed E-state index contributed by atoms with van der Waals surface area (Å²) in [5.41, 5.74) is 2.25. The van der Waals surface area contributed by atoms with Crippen molar-refractivity contribution in [1.82, 2.24) is 0 Å². The van der Waals surface area contributed by atoms with Crippen LogP contribution in [0.2, 0.25) is 0 Å². The predicted octanol–water partition coefficient (Wildman–Crippen LogP) is 6.38. The van der Waals surface area contributed by atoms with Crippen molar-refractivity contribution >= 4 is 40.9 Å². The highest BCUT2D eigenvalue weighted by atomic mass is 32.2. The fourth-order valence-corrected chi connectivity index (χ4v) is 5.28. The van der Waals surface area contributed by atoms with Gasteiger partial charge in [0.2, 0.25) is 11.8 Å². The number of anilines is 2. The summed E-state index contributed by atoms with van der Waals surface area (Å²) in [5, 5.41) is 14.5. The average Bonchev–Trinajstić information content (AvgIpc) is 2.89. The Hall–Kier alpha value is -3.58. The second-order valence-corrected chi connectivity index (χ2v) is 9.81. The van der Waals surface area contributed by atoms with Crippen LogP contribution in [-0.2, 0) is 9.59 Å². The van der Waals surface area contributed by atoms with E-state index in [1.54, 1.807) is 12.1 Å². The van der Waals surface area contributed by atoms with Crippen molar-refractivity contribution < 1.29 is 19.5 Å². The summed E-state index contributed by atoms with van der Waals surface area (Å²) < 4.78 is 0. The van der Waals surface area contributed by atoms with Gasteiger partial charge in [0.15, 0.2) is 0 Å². The highest BCUT2D eigenvalue weighted by Crippen LogP contribution is 2.37. The molecule has 4 rings (SSSR count). The van der Waals surface area contributed by atoms with Gasteiger partial charge in [-0.3, -0.25) is 9.59 Å². The van der Waals surface area contributed by atoms with Gasteiger partial charge < -0.3 is 15.7 Å². The number of carbonyl (C=O) groups is 3. The van der Waals surface area contributed by atoms with Crippen LogP contribution in [0.3, 0.4) is 0 Å². The Balaban J connectivity index is 1.49. The predicted molar refractivity (Wildman–Crippen MR) is 139 cm³/mol. The molecule has 1 aliphatic rings. The molecule has 180 valence electrons. The van der Waals surface area contributed by atoms with Gasteiger partial charge in [-0.2, -0.15) is 0 Å². The standard InChI is InChI=1S/C28H28N2O4S/c31-26(20-10-5-2-6-11-20)30-23-12-7-13-24(18-23)35-25(19-8-3-1-4-9-19)27(32)29-22-16-14-21(15-17-22)28(33)34/h1,3-4,7-9,12-18,20,25H,2,5-6,10-11H2,(H,29,32)(H,30,31)(H,33,34). The zero-order valence-corrected chi connectivity index (χ0v) is 20.1. The van der Waals surface area contributed by atoms with E-state index in [-0.39, 0.29) is 23.3 Å². The number of carbonyl (C=O) groups excluding carboxylic acids is 2. The lowest BCUT2D eigenvalue weighted by molar-refractivity contribution is -0.120. The van der Waals surface area contributed by atoms with Gasteiger partial charge in [0, 0.05) is 22.2 Å². The van der Waals surface area contributed by atoms with Gasteiger partial charge in [0.05, 0.1) is 5.56 Å². The number of aromatic carboxylic acids is 1. The first-order valence-electron chi connectivity index (χ1n) is 11.8. The molecule has 2 amide bonds. The molecule has 0 bridgehead atoms. The van der Waals surface area contributed by atoms with Crippen molar-refractivity contribution in [1.29, 1.82) is 0 Å². The zero-order chi connectivity index (χ0) is 24.6. The summed E-state index contributed by atoms with van der Waals surface area (Å²) in [6.07, 6.45) is 5.26. The van der Waals surface area contributed by atoms with Crippen LogP contribution in [0.25, 0.3) is 0 Å². The van der Waals surface area contributed by atoms with E-state index >= 15 is 0 Å². The van der Waals surface area contributed by atoms with Crippen LogP contribution in [-0.4, -0.2) is 22.9 Å². The Morgan fingerprint density at radius 3 is 2.20 bits per heavy atom. The number of amides is 2. The SMILES string of the molecule is O=C(O)c1ccc(NC(=O)C(Sc2cccc(NC(=O)C3CCCCC3)c2)c2ccccc2)cc1. The van der Waals surface area contributed by atoms with Crippen LogP contribution < -0.4 is 10.6 Å². The molecule has 0 aliphatic heterocycles. The number of hydrogen-bond acceptors (Lipinski definition) is 4. The molecular weight excluding hydrogens is 460 g/mol. The topological polar surface area (TPSA) is 95.5 Å². The van der Waals surface area contributed by atoms with Gasteiger partial charge in [-0.05, 0) is 60.9 Å². The van der Waals surface area contributed by atoms with Crippen LogP contribution in [0.4, 0.5) is 11.4 Å². The van der Waals surface area contributed by atoms with E-state index in [1.165, 1.54) is 30.3 Å². The van der Waals surface area contributed by atoms with Crippen LogP contribution >= 0.6 is 11.8 Å². The number of benzene rings is 3. The molecule has 3 aromatic carbocycles. The number of nitrogens with one attached hydrogen (secondary N) is 2. The van der Waals surface area contributed by atoms with Gasteiger partial charge in [-0.1, -0.05) is 55.7 Å². The number of carboxylic acid groups (broad SMARTS) is 1. The van der Waals surface area contributed by atoms with Crippen LogP contribution in [0, 0.1) is 5.92 Å². The third-order valence-electron chi connectivity index (χ3n) is 6.07. The molecule has 1 unspecified atom stereocenters. The molecule has 0 radical (unpaired) electrons. The van der Waals surface area contributed by atoms with Crippen LogP contribution in [0.15, 0.2) is 83.8 Å². The molecule has 0 saturated heterocycles. The second-order valence-electron chi connectivity index (χ2n) is 8.63. The summed E-state index contributed by atoms with van der Waals surface area (Å²) >= 11 is 1.40. The van der Waals surface area contributed by atoms with Crippen molar-refractivity contribution in [3.63, 3.8) is 0 Å². The maximum atomic E-state index is 13.3. The molecule has 0 aromatic heterocycles. The number of carboxylic acids is 1. The molecular formula is C28H28N2O4S. The minimum Gasteiger partial charge on any atom is -0.478 e. The Kier molecular flexibility index (Phi) is 8.21. The zero-order valence-electron chi connectivity index (χ0n) is 19.3. The number of rotatable bonds is 8. The van der Waals surface area contributed by atoms with E-state index in [4.69, 9.17) is 5.11 Å². The molecule has 1 fully saturated rings. The molecule has 35 heavy (non-hydrogen) atoms. The van der Waals surface area contributed by atoms with Gasteiger partial charge in [0.25, 0.3) is 0 Å². The van der Waals surface area contributed by atoms with Crippen molar-refractivity contribution in [3.8, 4) is 0 Å². The molecule has 6 nitrogen and oxygen atoms in total. The van der Waals surface area contributed by atoms with E-state index in [0.717, 1.165) is 41.8 Å². The number of thioether (sulfide) groups is 1. The third kappa shape index (κ3) is 6.73. The molecule has 0 spiro atoms. The van der Waals surface area contributed by atoms with Gasteiger partial charge in [-0.25, -0.2) is 4.79 Å². The Bertz CT molecular complexity index is 1180. The quantitative estimate of drug-likeness (QED) is 0.320. The first-order chi connectivity index (χ1) is 17.0. The van der Waals surface area contributed by atoms with E-state index in [0.29, 0.717) is 5.69 Å². The van der Waals surface area contributed by atoms with Crippen LogP contribution in [0.5, 0.6) is 0 Å². The first-order valence-corrected chi connectivity index (χ1v) is 12.6. The normalized spacial score (nSPS) is 14.6. The molecule has 1 aliphatic carbocycles. The van der Waals surface area contributed by atoms with Gasteiger partial charge in [-0.15, -0.1) is 11.8 Å². The van der Waals surface area contributed by atoms with E-state index < -0.39 is 11.2 Å². The lowest BCUT2D eigenvalue weighted by Crippen LogP contribution is -2.24. The van der Waals surface area contributed by atoms with E-state index in [9.17, 15) is 14.4 Å².